The number of hydrogen-bond donors (Lipinski definition) is 2. The summed E-state index contributed by atoms with van der Waals surface area (Å²) in [6.45, 7) is 1.93. The van der Waals surface area contributed by atoms with E-state index in [4.69, 9.17) is 0 Å². The minimum atomic E-state index is -0.142. The number of carbonyl (C=O) groups excluding carboxylic acids is 2. The summed E-state index contributed by atoms with van der Waals surface area (Å²) in [7, 11) is 1.74. The molecule has 88 valence electrons. The number of aliphatic imine (C=N–C) groups is 1. The van der Waals surface area contributed by atoms with Crippen LogP contribution in [0.2, 0.25) is 0 Å². The van der Waals surface area contributed by atoms with Crippen LogP contribution in [0, 0.1) is 5.92 Å². The molecule has 0 radical (unpaired) electrons. The van der Waals surface area contributed by atoms with Crippen molar-refractivity contribution < 1.29 is 9.59 Å². The summed E-state index contributed by atoms with van der Waals surface area (Å²) in [4.78, 5) is 28.5. The average molecular weight is 224 g/mol. The molecule has 0 aliphatic carbocycles. The number of guanidine groups is 1. The van der Waals surface area contributed by atoms with Gasteiger partial charge in [0, 0.05) is 13.6 Å². The summed E-state index contributed by atoms with van der Waals surface area (Å²) in [6, 6.07) is 0. The van der Waals surface area contributed by atoms with Crippen LogP contribution in [0.1, 0.15) is 12.8 Å². The Morgan fingerprint density at radius 3 is 2.94 bits per heavy atom. The maximum atomic E-state index is 11.8. The standard InChI is InChI=1S/C10H16N4O2/c1-14-6-8(15)12-10(14)13-9(16)7-3-2-4-11-5-7/h7,11H,2-6H2,1H3,(H,12,13,15,16)/t7-/m1/s1. The molecular weight excluding hydrogens is 208 g/mol. The Morgan fingerprint density at radius 2 is 2.38 bits per heavy atom. The fourth-order valence-corrected chi connectivity index (χ4v) is 1.92. The molecule has 2 amide bonds. The molecule has 0 unspecified atom stereocenters. The molecule has 6 heteroatoms. The Hall–Kier alpha value is -1.43. The maximum absolute atomic E-state index is 11.8. The summed E-state index contributed by atoms with van der Waals surface area (Å²) < 4.78 is 0. The third kappa shape index (κ3) is 2.38. The molecule has 6 nitrogen and oxygen atoms in total. The molecule has 0 bridgehead atoms. The monoisotopic (exact) mass is 224 g/mol. The highest BCUT2D eigenvalue weighted by Crippen LogP contribution is 2.12. The van der Waals surface area contributed by atoms with Gasteiger partial charge in [0.2, 0.25) is 11.9 Å². The van der Waals surface area contributed by atoms with Gasteiger partial charge in [-0.1, -0.05) is 0 Å². The van der Waals surface area contributed by atoms with Crippen molar-refractivity contribution in [2.45, 2.75) is 12.8 Å². The van der Waals surface area contributed by atoms with E-state index in [2.05, 4.69) is 15.6 Å². The highest BCUT2D eigenvalue weighted by molar-refractivity contribution is 6.07. The smallest absolute Gasteiger partial charge is 0.253 e. The van der Waals surface area contributed by atoms with E-state index in [-0.39, 0.29) is 24.3 Å². The number of nitrogens with one attached hydrogen (secondary N) is 2. The van der Waals surface area contributed by atoms with Crippen molar-refractivity contribution in [3.63, 3.8) is 0 Å². The van der Waals surface area contributed by atoms with Crippen LogP contribution in [-0.2, 0) is 9.59 Å². The van der Waals surface area contributed by atoms with E-state index >= 15 is 0 Å². The van der Waals surface area contributed by atoms with Crippen LogP contribution in [0.15, 0.2) is 4.99 Å². The van der Waals surface area contributed by atoms with Gasteiger partial charge in [-0.15, -0.1) is 0 Å². The van der Waals surface area contributed by atoms with Crippen molar-refractivity contribution in [2.24, 2.45) is 10.9 Å². The van der Waals surface area contributed by atoms with Crippen molar-refractivity contribution >= 4 is 17.8 Å². The molecular formula is C10H16N4O2. The van der Waals surface area contributed by atoms with Crippen LogP contribution in [0.5, 0.6) is 0 Å². The molecule has 0 aromatic carbocycles. The predicted octanol–water partition coefficient (Wildman–Crippen LogP) is -1.07. The lowest BCUT2D eigenvalue weighted by Crippen LogP contribution is -2.36. The van der Waals surface area contributed by atoms with Crippen molar-refractivity contribution in [1.82, 2.24) is 15.5 Å². The van der Waals surface area contributed by atoms with Crippen LogP contribution < -0.4 is 10.6 Å². The van der Waals surface area contributed by atoms with E-state index in [1.54, 1.807) is 11.9 Å². The SMILES string of the molecule is CN1CC(=O)NC1=NC(=O)[C@@H]1CCCNC1. The Kier molecular flexibility index (Phi) is 3.19. The average Bonchev–Trinajstić information content (AvgIpc) is 2.59. The minimum Gasteiger partial charge on any atom is -0.336 e. The molecule has 2 fully saturated rings. The first-order valence-corrected chi connectivity index (χ1v) is 5.51. The molecule has 0 aromatic heterocycles. The number of hydrogen-bond acceptors (Lipinski definition) is 3. The zero-order valence-electron chi connectivity index (χ0n) is 9.32. The fraction of sp³-hybridized carbons (Fsp3) is 0.700. The second-order valence-corrected chi connectivity index (χ2v) is 4.22. The van der Waals surface area contributed by atoms with Gasteiger partial charge in [0.25, 0.3) is 5.91 Å². The number of rotatable bonds is 1. The lowest BCUT2D eigenvalue weighted by molar-refractivity contribution is -0.122. The van der Waals surface area contributed by atoms with Gasteiger partial charge in [0.15, 0.2) is 0 Å². The Morgan fingerprint density at radius 1 is 1.56 bits per heavy atom. The zero-order chi connectivity index (χ0) is 11.5. The first-order valence-electron chi connectivity index (χ1n) is 5.51. The second kappa shape index (κ2) is 4.61. The summed E-state index contributed by atoms with van der Waals surface area (Å²) in [5.41, 5.74) is 0. The molecule has 0 saturated carbocycles. The van der Waals surface area contributed by atoms with Gasteiger partial charge in [-0.2, -0.15) is 4.99 Å². The quantitative estimate of drug-likeness (QED) is 0.595. The molecule has 2 saturated heterocycles. The van der Waals surface area contributed by atoms with E-state index in [0.717, 1.165) is 19.4 Å². The fourth-order valence-electron chi connectivity index (χ4n) is 1.92. The van der Waals surface area contributed by atoms with Crippen molar-refractivity contribution in [3.05, 3.63) is 0 Å². The van der Waals surface area contributed by atoms with Gasteiger partial charge < -0.3 is 10.2 Å². The number of piperidine rings is 1. The first kappa shape index (κ1) is 11.1. The summed E-state index contributed by atoms with van der Waals surface area (Å²) >= 11 is 0. The lowest BCUT2D eigenvalue weighted by atomic mass is 9.99. The third-order valence-electron chi connectivity index (χ3n) is 2.86. The lowest BCUT2D eigenvalue weighted by Gasteiger charge is -2.20. The van der Waals surface area contributed by atoms with Gasteiger partial charge in [0.1, 0.15) is 0 Å². The Labute approximate surface area is 94.1 Å². The van der Waals surface area contributed by atoms with Crippen LogP contribution in [0.4, 0.5) is 0 Å². The van der Waals surface area contributed by atoms with Gasteiger partial charge in [0.05, 0.1) is 12.5 Å². The third-order valence-corrected chi connectivity index (χ3v) is 2.86. The van der Waals surface area contributed by atoms with E-state index in [1.807, 2.05) is 0 Å². The van der Waals surface area contributed by atoms with Crippen molar-refractivity contribution in [1.29, 1.82) is 0 Å². The highest BCUT2D eigenvalue weighted by atomic mass is 16.2. The first-order chi connectivity index (χ1) is 7.66. The molecule has 1 atom stereocenters. The van der Waals surface area contributed by atoms with Gasteiger partial charge >= 0.3 is 0 Å². The van der Waals surface area contributed by atoms with E-state index in [0.29, 0.717) is 12.5 Å². The largest absolute Gasteiger partial charge is 0.336 e. The molecule has 0 spiro atoms. The highest BCUT2D eigenvalue weighted by Gasteiger charge is 2.25. The molecule has 2 rings (SSSR count). The summed E-state index contributed by atoms with van der Waals surface area (Å²) in [5.74, 6) is 0.0693. The van der Waals surface area contributed by atoms with Crippen LogP contribution in [0.25, 0.3) is 0 Å². The van der Waals surface area contributed by atoms with Gasteiger partial charge in [-0.05, 0) is 19.4 Å². The number of carbonyl (C=O) groups is 2. The minimum absolute atomic E-state index is 0.0489. The van der Waals surface area contributed by atoms with Crippen LogP contribution in [0.3, 0.4) is 0 Å². The molecule has 0 aromatic rings. The second-order valence-electron chi connectivity index (χ2n) is 4.22. The summed E-state index contributed by atoms with van der Waals surface area (Å²) in [6.07, 6.45) is 1.88. The van der Waals surface area contributed by atoms with E-state index in [1.165, 1.54) is 0 Å². The van der Waals surface area contributed by atoms with Crippen molar-refractivity contribution in [2.75, 3.05) is 26.7 Å². The Bertz CT molecular complexity index is 334. The topological polar surface area (TPSA) is 73.8 Å². The van der Waals surface area contributed by atoms with E-state index in [9.17, 15) is 9.59 Å². The molecule has 2 aliphatic heterocycles. The number of likely N-dealkylation sites (N-methyl/N-ethyl adjacent to an activating group) is 1. The molecule has 2 N–H and O–H groups in total. The molecule has 16 heavy (non-hydrogen) atoms. The summed E-state index contributed by atoms with van der Waals surface area (Å²) in [5, 5.41) is 5.74. The number of nitrogens with zero attached hydrogens (tertiary/aromatic N) is 2. The van der Waals surface area contributed by atoms with Gasteiger partial charge in [-0.25, -0.2) is 0 Å². The maximum Gasteiger partial charge on any atom is 0.253 e. The molecule has 2 heterocycles. The van der Waals surface area contributed by atoms with Crippen LogP contribution >= 0.6 is 0 Å². The Balaban J connectivity index is 1.99. The number of amides is 2. The normalized spacial score (nSPS) is 28.3. The van der Waals surface area contributed by atoms with Gasteiger partial charge in [-0.3, -0.25) is 14.9 Å². The molecule has 2 aliphatic rings. The zero-order valence-corrected chi connectivity index (χ0v) is 9.32. The van der Waals surface area contributed by atoms with Crippen LogP contribution in [-0.4, -0.2) is 49.4 Å². The predicted molar refractivity (Wildman–Crippen MR) is 58.8 cm³/mol. The van der Waals surface area contributed by atoms with E-state index < -0.39 is 0 Å². The van der Waals surface area contributed by atoms with Crippen molar-refractivity contribution in [3.8, 4) is 0 Å².